The molecule has 2 N–H and O–H groups in total. The second kappa shape index (κ2) is 8.37. The number of carbonyl (C=O) groups excluding carboxylic acids is 2. The van der Waals surface area contributed by atoms with Crippen molar-refractivity contribution in [1.82, 2.24) is 5.32 Å². The number of nitrogens with one attached hydrogen (secondary N) is 2. The van der Waals surface area contributed by atoms with E-state index in [1.54, 1.807) is 0 Å². The minimum atomic E-state index is -0.274. The van der Waals surface area contributed by atoms with Gasteiger partial charge in [-0.05, 0) is 50.7 Å². The molecule has 0 unspecified atom stereocenters. The van der Waals surface area contributed by atoms with E-state index in [1.165, 1.54) is 18.4 Å². The normalized spacial score (nSPS) is 14.1. The number of aryl methyl sites for hydroxylation is 1. The zero-order chi connectivity index (χ0) is 15.8. The van der Waals surface area contributed by atoms with E-state index in [1.807, 2.05) is 31.2 Å². The largest absolute Gasteiger partial charge is 0.355 e. The molecule has 0 atom stereocenters. The van der Waals surface area contributed by atoms with Crippen LogP contribution in [0.5, 0.6) is 0 Å². The van der Waals surface area contributed by atoms with Crippen LogP contribution in [0.15, 0.2) is 35.9 Å². The fourth-order valence-corrected chi connectivity index (χ4v) is 2.61. The second-order valence-corrected chi connectivity index (χ2v) is 5.75. The minimum absolute atomic E-state index is 0.132. The standard InChI is InChI=1S/C18H24N2O2/c1-14-7-5-6-10-16(14)20-18(22)13-17(21)19-12-11-15-8-3-2-4-9-15/h5-8,10H,2-4,9,11-13H2,1H3,(H,19,21)(H,20,22). The fourth-order valence-electron chi connectivity index (χ4n) is 2.61. The Hall–Kier alpha value is -2.10. The Morgan fingerprint density at radius 2 is 1.95 bits per heavy atom. The lowest BCUT2D eigenvalue weighted by atomic mass is 9.97. The molecule has 0 radical (unpaired) electrons. The summed E-state index contributed by atoms with van der Waals surface area (Å²) in [6.07, 6.45) is 7.86. The van der Waals surface area contributed by atoms with Gasteiger partial charge >= 0.3 is 0 Å². The maximum absolute atomic E-state index is 11.9. The Balaban J connectivity index is 1.69. The highest BCUT2D eigenvalue weighted by molar-refractivity contribution is 6.03. The third kappa shape index (κ3) is 5.35. The van der Waals surface area contributed by atoms with Crippen LogP contribution in [0.25, 0.3) is 0 Å². The van der Waals surface area contributed by atoms with Crippen molar-refractivity contribution in [1.29, 1.82) is 0 Å². The van der Waals surface area contributed by atoms with Crippen LogP contribution in [-0.2, 0) is 9.59 Å². The lowest BCUT2D eigenvalue weighted by Crippen LogP contribution is -2.29. The van der Waals surface area contributed by atoms with Crippen molar-refractivity contribution in [2.75, 3.05) is 11.9 Å². The number of hydrogen-bond acceptors (Lipinski definition) is 2. The van der Waals surface area contributed by atoms with Gasteiger partial charge in [-0.2, -0.15) is 0 Å². The molecule has 0 fully saturated rings. The molecule has 0 aliphatic heterocycles. The topological polar surface area (TPSA) is 58.2 Å². The molecule has 0 saturated carbocycles. The third-order valence-corrected chi connectivity index (χ3v) is 3.89. The Morgan fingerprint density at radius 3 is 2.68 bits per heavy atom. The molecule has 1 aromatic carbocycles. The van der Waals surface area contributed by atoms with Crippen LogP contribution in [0, 0.1) is 6.92 Å². The summed E-state index contributed by atoms with van der Waals surface area (Å²) >= 11 is 0. The van der Waals surface area contributed by atoms with Crippen molar-refractivity contribution in [2.24, 2.45) is 0 Å². The monoisotopic (exact) mass is 300 g/mol. The molecule has 4 heteroatoms. The van der Waals surface area contributed by atoms with Gasteiger partial charge in [0.15, 0.2) is 0 Å². The first kappa shape index (κ1) is 16.3. The predicted octanol–water partition coefficient (Wildman–Crippen LogP) is 3.33. The average Bonchev–Trinajstić information content (AvgIpc) is 2.50. The molecule has 2 amide bonds. The van der Waals surface area contributed by atoms with Crippen LogP contribution >= 0.6 is 0 Å². The zero-order valence-corrected chi connectivity index (χ0v) is 13.2. The van der Waals surface area contributed by atoms with Gasteiger partial charge < -0.3 is 10.6 Å². The van der Waals surface area contributed by atoms with E-state index in [9.17, 15) is 9.59 Å². The van der Waals surface area contributed by atoms with E-state index in [0.717, 1.165) is 30.5 Å². The maximum Gasteiger partial charge on any atom is 0.233 e. The van der Waals surface area contributed by atoms with Gasteiger partial charge in [-0.25, -0.2) is 0 Å². The van der Waals surface area contributed by atoms with E-state index >= 15 is 0 Å². The van der Waals surface area contributed by atoms with E-state index in [2.05, 4.69) is 16.7 Å². The van der Waals surface area contributed by atoms with Crippen LogP contribution in [0.3, 0.4) is 0 Å². The number of hydrogen-bond donors (Lipinski definition) is 2. The van der Waals surface area contributed by atoms with Crippen molar-refractivity contribution < 1.29 is 9.59 Å². The van der Waals surface area contributed by atoms with Gasteiger partial charge in [-0.3, -0.25) is 9.59 Å². The number of allylic oxidation sites excluding steroid dienone is 1. The molecular formula is C18H24N2O2. The number of carbonyl (C=O) groups is 2. The van der Waals surface area contributed by atoms with E-state index in [-0.39, 0.29) is 18.2 Å². The number of benzene rings is 1. The highest BCUT2D eigenvalue weighted by Gasteiger charge is 2.10. The number of amides is 2. The summed E-state index contributed by atoms with van der Waals surface area (Å²) in [6.45, 7) is 2.54. The fraction of sp³-hybridized carbons (Fsp3) is 0.444. The third-order valence-electron chi connectivity index (χ3n) is 3.89. The maximum atomic E-state index is 11.9. The van der Waals surface area contributed by atoms with E-state index in [0.29, 0.717) is 6.54 Å². The average molecular weight is 300 g/mol. The number of anilines is 1. The molecule has 1 aliphatic rings. The lowest BCUT2D eigenvalue weighted by Gasteiger charge is -2.13. The molecule has 1 aromatic rings. The van der Waals surface area contributed by atoms with Crippen molar-refractivity contribution in [2.45, 2.75) is 45.4 Å². The summed E-state index contributed by atoms with van der Waals surface area (Å²) in [6, 6.07) is 7.53. The molecule has 118 valence electrons. The van der Waals surface area contributed by atoms with Gasteiger partial charge in [-0.1, -0.05) is 29.8 Å². The summed E-state index contributed by atoms with van der Waals surface area (Å²) in [7, 11) is 0. The van der Waals surface area contributed by atoms with Crippen LogP contribution in [0.4, 0.5) is 5.69 Å². The first-order valence-electron chi connectivity index (χ1n) is 7.95. The molecule has 0 bridgehead atoms. The molecule has 0 aromatic heterocycles. The Kier molecular flexibility index (Phi) is 6.19. The van der Waals surface area contributed by atoms with Crippen molar-refractivity contribution in [3.63, 3.8) is 0 Å². The molecule has 2 rings (SSSR count). The smallest absolute Gasteiger partial charge is 0.233 e. The van der Waals surface area contributed by atoms with Crippen LogP contribution in [0.2, 0.25) is 0 Å². The van der Waals surface area contributed by atoms with Gasteiger partial charge in [0.1, 0.15) is 6.42 Å². The molecule has 0 spiro atoms. The number of para-hydroxylation sites is 1. The molecule has 0 saturated heterocycles. The molecule has 0 heterocycles. The summed E-state index contributed by atoms with van der Waals surface area (Å²) in [5.41, 5.74) is 3.17. The van der Waals surface area contributed by atoms with Gasteiger partial charge in [0.2, 0.25) is 11.8 Å². The SMILES string of the molecule is Cc1ccccc1NC(=O)CC(=O)NCCC1=CCCCC1. The van der Waals surface area contributed by atoms with Crippen LogP contribution in [0.1, 0.15) is 44.1 Å². The predicted molar refractivity (Wildman–Crippen MR) is 88.6 cm³/mol. The van der Waals surface area contributed by atoms with Gasteiger partial charge in [-0.15, -0.1) is 0 Å². The molecule has 1 aliphatic carbocycles. The molecular weight excluding hydrogens is 276 g/mol. The van der Waals surface area contributed by atoms with Gasteiger partial charge in [0, 0.05) is 12.2 Å². The zero-order valence-electron chi connectivity index (χ0n) is 13.2. The van der Waals surface area contributed by atoms with Gasteiger partial charge in [0.25, 0.3) is 0 Å². The van der Waals surface area contributed by atoms with Crippen molar-refractivity contribution in [3.8, 4) is 0 Å². The Bertz CT molecular complexity index is 564. The van der Waals surface area contributed by atoms with E-state index < -0.39 is 0 Å². The van der Waals surface area contributed by atoms with Crippen LogP contribution in [-0.4, -0.2) is 18.4 Å². The quantitative estimate of drug-likeness (QED) is 0.625. The minimum Gasteiger partial charge on any atom is -0.355 e. The summed E-state index contributed by atoms with van der Waals surface area (Å²) in [5, 5.41) is 5.59. The highest BCUT2D eigenvalue weighted by Crippen LogP contribution is 2.19. The second-order valence-electron chi connectivity index (χ2n) is 5.75. The Morgan fingerprint density at radius 1 is 1.14 bits per heavy atom. The number of rotatable bonds is 6. The van der Waals surface area contributed by atoms with Crippen molar-refractivity contribution in [3.05, 3.63) is 41.5 Å². The molecule has 22 heavy (non-hydrogen) atoms. The van der Waals surface area contributed by atoms with Crippen molar-refractivity contribution >= 4 is 17.5 Å². The molecule has 4 nitrogen and oxygen atoms in total. The summed E-state index contributed by atoms with van der Waals surface area (Å²) < 4.78 is 0. The summed E-state index contributed by atoms with van der Waals surface area (Å²) in [4.78, 5) is 23.6. The lowest BCUT2D eigenvalue weighted by molar-refractivity contribution is -0.126. The van der Waals surface area contributed by atoms with E-state index in [4.69, 9.17) is 0 Å². The van der Waals surface area contributed by atoms with Gasteiger partial charge in [0.05, 0.1) is 0 Å². The Labute approximate surface area is 132 Å². The van der Waals surface area contributed by atoms with Crippen LogP contribution < -0.4 is 10.6 Å². The highest BCUT2D eigenvalue weighted by atomic mass is 16.2. The first-order valence-corrected chi connectivity index (χ1v) is 7.95. The summed E-state index contributed by atoms with van der Waals surface area (Å²) in [5.74, 6) is -0.494. The first-order chi connectivity index (χ1) is 10.6.